The van der Waals surface area contributed by atoms with Gasteiger partial charge in [-0.15, -0.1) is 0 Å². The summed E-state index contributed by atoms with van der Waals surface area (Å²) >= 11 is 0. The Hall–Kier alpha value is -3.11. The van der Waals surface area contributed by atoms with Crippen molar-refractivity contribution in [3.63, 3.8) is 0 Å². The summed E-state index contributed by atoms with van der Waals surface area (Å²) in [5.41, 5.74) is 7.13. The lowest BCUT2D eigenvalue weighted by atomic mass is 9.80. The van der Waals surface area contributed by atoms with Crippen molar-refractivity contribution in [2.45, 2.75) is 24.8 Å². The average Bonchev–Trinajstić information content (AvgIpc) is 3.12. The number of ether oxygens (including phenoxy) is 1. The molecule has 0 aromatic heterocycles. The molecule has 2 N–H and O–H groups in total. The van der Waals surface area contributed by atoms with Gasteiger partial charge in [0.1, 0.15) is 6.61 Å². The number of benzene rings is 3. The second-order valence-corrected chi connectivity index (χ2v) is 8.13. The van der Waals surface area contributed by atoms with Crippen LogP contribution in [0, 0.1) is 5.92 Å². The van der Waals surface area contributed by atoms with E-state index in [2.05, 4.69) is 35.6 Å². The summed E-state index contributed by atoms with van der Waals surface area (Å²) in [7, 11) is 0. The van der Waals surface area contributed by atoms with Crippen molar-refractivity contribution in [2.75, 3.05) is 13.2 Å². The minimum absolute atomic E-state index is 0.000354. The number of aliphatic hydroxyl groups excluding tert-OH is 1. The topological polar surface area (TPSA) is 58.6 Å². The van der Waals surface area contributed by atoms with Crippen LogP contribution in [0.15, 0.2) is 72.8 Å². The van der Waals surface area contributed by atoms with Crippen molar-refractivity contribution < 1.29 is 14.6 Å². The van der Waals surface area contributed by atoms with Gasteiger partial charge in [0.2, 0.25) is 0 Å². The van der Waals surface area contributed by atoms with E-state index >= 15 is 0 Å². The molecule has 0 saturated heterocycles. The van der Waals surface area contributed by atoms with Gasteiger partial charge in [-0.25, -0.2) is 4.79 Å². The Kier molecular flexibility index (Phi) is 5.01. The van der Waals surface area contributed by atoms with Crippen molar-refractivity contribution >= 4 is 6.09 Å². The fourth-order valence-electron chi connectivity index (χ4n) is 4.99. The van der Waals surface area contributed by atoms with Gasteiger partial charge in [-0.05, 0) is 46.2 Å². The zero-order valence-electron chi connectivity index (χ0n) is 16.8. The van der Waals surface area contributed by atoms with Crippen LogP contribution in [-0.4, -0.2) is 24.4 Å². The molecule has 0 fully saturated rings. The number of carbonyl (C=O) groups is 1. The number of rotatable bonds is 4. The summed E-state index contributed by atoms with van der Waals surface area (Å²) in [5.74, 6) is 0.0378. The highest BCUT2D eigenvalue weighted by molar-refractivity contribution is 5.79. The van der Waals surface area contributed by atoms with Crippen molar-refractivity contribution in [3.8, 4) is 11.1 Å². The lowest BCUT2D eigenvalue weighted by Crippen LogP contribution is -2.38. The Bertz CT molecular complexity index is 1030. The molecule has 3 aromatic carbocycles. The minimum atomic E-state index is -0.433. The largest absolute Gasteiger partial charge is 0.449 e. The molecule has 3 aromatic rings. The molecule has 152 valence electrons. The summed E-state index contributed by atoms with van der Waals surface area (Å²) in [6, 6.07) is 24.5. The van der Waals surface area contributed by atoms with Gasteiger partial charge in [-0.3, -0.25) is 0 Å². The number of carbonyl (C=O) groups excluding carboxylic acids is 1. The number of alkyl carbamates (subject to hydrolysis) is 1. The molecular formula is C26H25NO3. The molecule has 5 rings (SSSR count). The molecule has 2 atom stereocenters. The van der Waals surface area contributed by atoms with Crippen LogP contribution in [0.1, 0.15) is 40.6 Å². The Morgan fingerprint density at radius 3 is 2.17 bits per heavy atom. The Balaban J connectivity index is 1.33. The monoisotopic (exact) mass is 399 g/mol. The van der Waals surface area contributed by atoms with Crippen LogP contribution in [0.2, 0.25) is 0 Å². The second kappa shape index (κ2) is 7.96. The third-order valence-electron chi connectivity index (χ3n) is 6.50. The van der Waals surface area contributed by atoms with Gasteiger partial charge in [0.25, 0.3) is 0 Å². The first-order valence-electron chi connectivity index (χ1n) is 10.6. The van der Waals surface area contributed by atoms with E-state index in [1.165, 1.54) is 27.8 Å². The number of aliphatic hydroxyl groups is 1. The number of nitrogens with one attached hydrogen (secondary N) is 1. The zero-order chi connectivity index (χ0) is 20.5. The number of hydrogen-bond donors (Lipinski definition) is 2. The molecule has 0 unspecified atom stereocenters. The molecule has 0 heterocycles. The molecule has 30 heavy (non-hydrogen) atoms. The van der Waals surface area contributed by atoms with Gasteiger partial charge >= 0.3 is 6.09 Å². The molecule has 4 heteroatoms. The van der Waals surface area contributed by atoms with Crippen LogP contribution < -0.4 is 5.32 Å². The molecule has 4 nitrogen and oxygen atoms in total. The van der Waals surface area contributed by atoms with Gasteiger partial charge in [0.05, 0.1) is 6.04 Å². The quantitative estimate of drug-likeness (QED) is 0.661. The van der Waals surface area contributed by atoms with Crippen molar-refractivity contribution in [3.05, 3.63) is 95.1 Å². The van der Waals surface area contributed by atoms with Crippen molar-refractivity contribution in [2.24, 2.45) is 5.92 Å². The summed E-state index contributed by atoms with van der Waals surface area (Å²) in [6.07, 6.45) is 1.34. The van der Waals surface area contributed by atoms with E-state index in [-0.39, 0.29) is 31.1 Å². The van der Waals surface area contributed by atoms with Gasteiger partial charge in [0, 0.05) is 18.4 Å². The van der Waals surface area contributed by atoms with E-state index in [9.17, 15) is 9.90 Å². The normalized spacial score (nSPS) is 19.5. The molecule has 0 saturated carbocycles. The molecule has 0 spiro atoms. The van der Waals surface area contributed by atoms with Crippen LogP contribution in [-0.2, 0) is 11.2 Å². The Morgan fingerprint density at radius 1 is 0.900 bits per heavy atom. The lowest BCUT2D eigenvalue weighted by molar-refractivity contribution is 0.123. The molecule has 2 aliphatic carbocycles. The Morgan fingerprint density at radius 2 is 1.50 bits per heavy atom. The molecule has 1 amide bonds. The first-order chi connectivity index (χ1) is 14.8. The maximum atomic E-state index is 12.7. The summed E-state index contributed by atoms with van der Waals surface area (Å²) in [4.78, 5) is 12.7. The second-order valence-electron chi connectivity index (χ2n) is 8.13. The molecule has 0 radical (unpaired) electrons. The van der Waals surface area contributed by atoms with E-state index < -0.39 is 6.09 Å². The summed E-state index contributed by atoms with van der Waals surface area (Å²) in [5, 5.41) is 12.9. The van der Waals surface area contributed by atoms with Gasteiger partial charge in [-0.2, -0.15) is 0 Å². The van der Waals surface area contributed by atoms with Crippen LogP contribution in [0.4, 0.5) is 4.79 Å². The molecule has 0 aliphatic heterocycles. The smallest absolute Gasteiger partial charge is 0.407 e. The molecule has 2 aliphatic rings. The van der Waals surface area contributed by atoms with Gasteiger partial charge in [-0.1, -0.05) is 72.8 Å². The highest BCUT2D eigenvalue weighted by Crippen LogP contribution is 2.44. The maximum Gasteiger partial charge on any atom is 0.407 e. The zero-order valence-corrected chi connectivity index (χ0v) is 16.8. The SMILES string of the molecule is O=C(N[C@H]1c2ccccc2CC[C@H]1CO)OCC1c2ccccc2-c2ccccc21. The molecule has 0 bridgehead atoms. The van der Waals surface area contributed by atoms with E-state index in [1.807, 2.05) is 42.5 Å². The predicted molar refractivity (Wildman–Crippen MR) is 116 cm³/mol. The highest BCUT2D eigenvalue weighted by atomic mass is 16.5. The van der Waals surface area contributed by atoms with Crippen molar-refractivity contribution in [1.29, 1.82) is 0 Å². The highest BCUT2D eigenvalue weighted by Gasteiger charge is 2.32. The predicted octanol–water partition coefficient (Wildman–Crippen LogP) is 4.82. The fourth-order valence-corrected chi connectivity index (χ4v) is 4.99. The van der Waals surface area contributed by atoms with Crippen LogP contribution in [0.25, 0.3) is 11.1 Å². The number of amides is 1. The van der Waals surface area contributed by atoms with Crippen LogP contribution in [0.3, 0.4) is 0 Å². The third kappa shape index (κ3) is 3.27. The van der Waals surface area contributed by atoms with E-state index in [0.717, 1.165) is 18.4 Å². The number of hydrogen-bond acceptors (Lipinski definition) is 3. The van der Waals surface area contributed by atoms with Gasteiger partial charge in [0.15, 0.2) is 0 Å². The minimum Gasteiger partial charge on any atom is -0.449 e. The number of aryl methyl sites for hydroxylation is 1. The van der Waals surface area contributed by atoms with E-state index in [0.29, 0.717) is 0 Å². The Labute approximate surface area is 176 Å². The van der Waals surface area contributed by atoms with E-state index in [4.69, 9.17) is 4.74 Å². The standard InChI is InChI=1S/C26H25NO3/c28-15-18-14-13-17-7-1-2-8-19(17)25(18)27-26(29)30-16-24-22-11-5-3-9-20(22)21-10-4-6-12-23(21)24/h1-12,18,24-25,28H,13-16H2,(H,27,29)/t18-,25+/m0/s1. The summed E-state index contributed by atoms with van der Waals surface area (Å²) < 4.78 is 5.72. The first-order valence-corrected chi connectivity index (χ1v) is 10.6. The average molecular weight is 399 g/mol. The lowest BCUT2D eigenvalue weighted by Gasteiger charge is -2.33. The first kappa shape index (κ1) is 18.9. The van der Waals surface area contributed by atoms with Crippen molar-refractivity contribution in [1.82, 2.24) is 5.32 Å². The van der Waals surface area contributed by atoms with Crippen LogP contribution in [0.5, 0.6) is 0 Å². The van der Waals surface area contributed by atoms with E-state index in [1.54, 1.807) is 0 Å². The molecular weight excluding hydrogens is 374 g/mol. The fraction of sp³-hybridized carbons (Fsp3) is 0.269. The van der Waals surface area contributed by atoms with Gasteiger partial charge < -0.3 is 15.2 Å². The number of fused-ring (bicyclic) bond motifs is 4. The summed E-state index contributed by atoms with van der Waals surface area (Å²) in [6.45, 7) is 0.334. The third-order valence-corrected chi connectivity index (χ3v) is 6.50. The van der Waals surface area contributed by atoms with Crippen LogP contribution >= 0.6 is 0 Å². The maximum absolute atomic E-state index is 12.7.